The van der Waals surface area contributed by atoms with Gasteiger partial charge >= 0.3 is 0 Å². The van der Waals surface area contributed by atoms with E-state index < -0.39 is 0 Å². The number of hydrogen-bond acceptors (Lipinski definition) is 2. The minimum Gasteiger partial charge on any atom is -0.371 e. The van der Waals surface area contributed by atoms with E-state index in [9.17, 15) is 4.39 Å². The van der Waals surface area contributed by atoms with Gasteiger partial charge in [-0.2, -0.15) is 0 Å². The third-order valence-electron chi connectivity index (χ3n) is 3.97. The molecule has 17 heavy (non-hydrogen) atoms. The first-order chi connectivity index (χ1) is 8.13. The van der Waals surface area contributed by atoms with Gasteiger partial charge in [-0.25, -0.2) is 4.39 Å². The zero-order valence-electron chi connectivity index (χ0n) is 10.6. The molecule has 0 amide bonds. The zero-order valence-corrected chi connectivity index (χ0v) is 10.6. The lowest BCUT2D eigenvalue weighted by Crippen LogP contribution is -2.39. The highest BCUT2D eigenvalue weighted by Crippen LogP contribution is 2.30. The molecule has 0 spiro atoms. The van der Waals surface area contributed by atoms with Crippen LogP contribution in [0.4, 0.5) is 10.1 Å². The van der Waals surface area contributed by atoms with Crippen LogP contribution in [0.5, 0.6) is 0 Å². The molecular weight excluding hydrogens is 215 g/mol. The summed E-state index contributed by atoms with van der Waals surface area (Å²) in [5, 5.41) is 0. The van der Waals surface area contributed by atoms with Crippen LogP contribution in [0.3, 0.4) is 0 Å². The minimum absolute atomic E-state index is 0.184. The van der Waals surface area contributed by atoms with Crippen LogP contribution in [-0.4, -0.2) is 13.1 Å². The van der Waals surface area contributed by atoms with E-state index in [2.05, 4.69) is 18.7 Å². The molecule has 1 heterocycles. The second-order valence-electron chi connectivity index (χ2n) is 5.13. The summed E-state index contributed by atoms with van der Waals surface area (Å²) in [6.45, 7) is 6.82. The third-order valence-corrected chi connectivity index (χ3v) is 3.97. The van der Waals surface area contributed by atoms with Crippen molar-refractivity contribution in [3.63, 3.8) is 0 Å². The number of nitrogens with zero attached hydrogens (tertiary/aromatic N) is 1. The molecule has 2 atom stereocenters. The molecule has 94 valence electrons. The van der Waals surface area contributed by atoms with E-state index in [4.69, 9.17) is 5.73 Å². The summed E-state index contributed by atoms with van der Waals surface area (Å²) in [4.78, 5) is 2.27. The zero-order chi connectivity index (χ0) is 12.4. The Hall–Kier alpha value is -1.09. The van der Waals surface area contributed by atoms with E-state index in [-0.39, 0.29) is 12.4 Å². The van der Waals surface area contributed by atoms with Gasteiger partial charge in [0.25, 0.3) is 0 Å². The molecule has 0 aromatic heterocycles. The fourth-order valence-electron chi connectivity index (χ4n) is 2.53. The first kappa shape index (κ1) is 12.4. The predicted octanol–water partition coefficient (Wildman–Crippen LogP) is 2.77. The standard InChI is InChI=1S/C14H21FN2/c1-10-6-7-17(9-11(10)2)14-5-3-4-13(15)12(14)8-16/h3-5,10-11H,6-9,16H2,1-2H3. The van der Waals surface area contributed by atoms with Gasteiger partial charge in [-0.05, 0) is 30.4 Å². The number of anilines is 1. The first-order valence-electron chi connectivity index (χ1n) is 6.36. The number of nitrogens with two attached hydrogens (primary N) is 1. The molecule has 2 nitrogen and oxygen atoms in total. The molecule has 2 rings (SSSR count). The van der Waals surface area contributed by atoms with E-state index in [1.54, 1.807) is 6.07 Å². The normalized spacial score (nSPS) is 25.1. The average molecular weight is 236 g/mol. The van der Waals surface area contributed by atoms with E-state index in [1.807, 2.05) is 6.07 Å². The monoisotopic (exact) mass is 236 g/mol. The van der Waals surface area contributed by atoms with E-state index in [0.29, 0.717) is 11.5 Å². The molecule has 1 saturated heterocycles. The molecule has 0 bridgehead atoms. The number of halogens is 1. The Morgan fingerprint density at radius 2 is 2.12 bits per heavy atom. The summed E-state index contributed by atoms with van der Waals surface area (Å²) in [7, 11) is 0. The number of rotatable bonds is 2. The van der Waals surface area contributed by atoms with Crippen LogP contribution in [0.2, 0.25) is 0 Å². The maximum Gasteiger partial charge on any atom is 0.129 e. The van der Waals surface area contributed by atoms with E-state index in [0.717, 1.165) is 24.7 Å². The van der Waals surface area contributed by atoms with Gasteiger partial charge in [0.15, 0.2) is 0 Å². The van der Waals surface area contributed by atoms with Crippen LogP contribution >= 0.6 is 0 Å². The molecule has 1 aromatic rings. The molecule has 2 N–H and O–H groups in total. The topological polar surface area (TPSA) is 29.3 Å². The molecule has 0 saturated carbocycles. The van der Waals surface area contributed by atoms with Crippen molar-refractivity contribution in [3.8, 4) is 0 Å². The minimum atomic E-state index is -0.184. The lowest BCUT2D eigenvalue weighted by molar-refractivity contribution is 0.323. The quantitative estimate of drug-likeness (QED) is 0.855. The highest BCUT2D eigenvalue weighted by molar-refractivity contribution is 5.54. The number of hydrogen-bond donors (Lipinski definition) is 1. The van der Waals surface area contributed by atoms with Crippen molar-refractivity contribution in [3.05, 3.63) is 29.6 Å². The maximum absolute atomic E-state index is 13.7. The van der Waals surface area contributed by atoms with E-state index in [1.165, 1.54) is 12.5 Å². The van der Waals surface area contributed by atoms with Gasteiger partial charge in [-0.3, -0.25) is 0 Å². The van der Waals surface area contributed by atoms with Crippen LogP contribution in [0, 0.1) is 17.7 Å². The summed E-state index contributed by atoms with van der Waals surface area (Å²) in [5.74, 6) is 1.22. The van der Waals surface area contributed by atoms with Crippen LogP contribution in [0.25, 0.3) is 0 Å². The van der Waals surface area contributed by atoms with Crippen molar-refractivity contribution >= 4 is 5.69 Å². The summed E-state index contributed by atoms with van der Waals surface area (Å²) in [6, 6.07) is 5.24. The van der Waals surface area contributed by atoms with Gasteiger partial charge in [0.05, 0.1) is 0 Å². The van der Waals surface area contributed by atoms with Crippen molar-refractivity contribution in [1.82, 2.24) is 0 Å². The molecule has 1 aliphatic rings. The Kier molecular flexibility index (Phi) is 3.67. The smallest absolute Gasteiger partial charge is 0.129 e. The molecule has 2 unspecified atom stereocenters. The molecular formula is C14H21FN2. The first-order valence-corrected chi connectivity index (χ1v) is 6.36. The highest BCUT2D eigenvalue weighted by Gasteiger charge is 2.24. The summed E-state index contributed by atoms with van der Waals surface area (Å²) < 4.78 is 13.7. The molecule has 0 radical (unpaired) electrons. The van der Waals surface area contributed by atoms with Crippen molar-refractivity contribution in [2.24, 2.45) is 17.6 Å². The fraction of sp³-hybridized carbons (Fsp3) is 0.571. The molecule has 0 aliphatic carbocycles. The molecule has 1 aliphatic heterocycles. The molecule has 1 fully saturated rings. The fourth-order valence-corrected chi connectivity index (χ4v) is 2.53. The van der Waals surface area contributed by atoms with E-state index >= 15 is 0 Å². The Bertz CT molecular complexity index is 392. The van der Waals surface area contributed by atoms with Crippen LogP contribution < -0.4 is 10.6 Å². The third kappa shape index (κ3) is 2.44. The largest absolute Gasteiger partial charge is 0.371 e. The maximum atomic E-state index is 13.7. The molecule has 1 aromatic carbocycles. The Labute approximate surface area is 103 Å². The summed E-state index contributed by atoms with van der Waals surface area (Å²) >= 11 is 0. The Balaban J connectivity index is 2.25. The SMILES string of the molecule is CC1CCN(c2cccc(F)c2CN)CC1C. The molecule has 3 heteroatoms. The van der Waals surface area contributed by atoms with Gasteiger partial charge in [0.2, 0.25) is 0 Å². The average Bonchev–Trinajstić information content (AvgIpc) is 2.32. The van der Waals surface area contributed by atoms with Crippen LogP contribution in [-0.2, 0) is 6.54 Å². The second kappa shape index (κ2) is 5.05. The lowest BCUT2D eigenvalue weighted by atomic mass is 9.88. The van der Waals surface area contributed by atoms with Gasteiger partial charge in [-0.1, -0.05) is 19.9 Å². The summed E-state index contributed by atoms with van der Waals surface area (Å²) in [5.41, 5.74) is 7.28. The lowest BCUT2D eigenvalue weighted by Gasteiger charge is -2.37. The van der Waals surface area contributed by atoms with Gasteiger partial charge in [0, 0.05) is 30.9 Å². The Morgan fingerprint density at radius 1 is 1.35 bits per heavy atom. The van der Waals surface area contributed by atoms with Crippen molar-refractivity contribution in [2.75, 3.05) is 18.0 Å². The number of benzene rings is 1. The van der Waals surface area contributed by atoms with Gasteiger partial charge in [-0.15, -0.1) is 0 Å². The van der Waals surface area contributed by atoms with Gasteiger partial charge < -0.3 is 10.6 Å². The number of piperidine rings is 1. The van der Waals surface area contributed by atoms with Crippen LogP contribution in [0.15, 0.2) is 18.2 Å². The summed E-state index contributed by atoms with van der Waals surface area (Å²) in [6.07, 6.45) is 1.17. The highest BCUT2D eigenvalue weighted by atomic mass is 19.1. The van der Waals surface area contributed by atoms with Crippen molar-refractivity contribution in [2.45, 2.75) is 26.8 Å². The van der Waals surface area contributed by atoms with Crippen molar-refractivity contribution in [1.29, 1.82) is 0 Å². The second-order valence-corrected chi connectivity index (χ2v) is 5.13. The Morgan fingerprint density at radius 3 is 2.76 bits per heavy atom. The van der Waals surface area contributed by atoms with Crippen molar-refractivity contribution < 1.29 is 4.39 Å². The van der Waals surface area contributed by atoms with Gasteiger partial charge in [0.1, 0.15) is 5.82 Å². The predicted molar refractivity (Wildman–Crippen MR) is 69.4 cm³/mol. The van der Waals surface area contributed by atoms with Crippen LogP contribution in [0.1, 0.15) is 25.8 Å².